The van der Waals surface area contributed by atoms with Crippen LogP contribution in [-0.2, 0) is 16.0 Å². The van der Waals surface area contributed by atoms with Gasteiger partial charge in [-0.3, -0.25) is 0 Å². The van der Waals surface area contributed by atoms with E-state index in [2.05, 4.69) is 30.3 Å². The summed E-state index contributed by atoms with van der Waals surface area (Å²) in [6.07, 6.45) is 0.698. The molecule has 0 unspecified atom stereocenters. The Kier molecular flexibility index (Phi) is 9.77. The van der Waals surface area contributed by atoms with E-state index < -0.39 is 25.0 Å². The normalized spacial score (nSPS) is 10.2. The number of rotatable bonds is 7. The van der Waals surface area contributed by atoms with Crippen LogP contribution in [0.15, 0.2) is 78.9 Å². The van der Waals surface area contributed by atoms with Gasteiger partial charge in [0.25, 0.3) is 0 Å². The first-order chi connectivity index (χ1) is 14.5. The number of nitrogens with zero attached hydrogens (tertiary/aromatic N) is 1. The molecule has 0 heterocycles. The molecule has 0 saturated carbocycles. The van der Waals surface area contributed by atoms with Crippen LogP contribution in [0.2, 0.25) is 0 Å². The van der Waals surface area contributed by atoms with Gasteiger partial charge in [0.2, 0.25) is 0 Å². The van der Waals surface area contributed by atoms with Gasteiger partial charge >= 0.3 is 59.1 Å². The molecule has 4 aromatic carbocycles. The van der Waals surface area contributed by atoms with Crippen molar-refractivity contribution >= 4 is 39.2 Å². The van der Waals surface area contributed by atoms with Gasteiger partial charge in [0.15, 0.2) is 0 Å². The molecule has 0 amide bonds. The molecule has 0 aliphatic rings. The molecular weight excluding hydrogens is 424 g/mol. The largest absolute Gasteiger partial charge is 1.00 e. The van der Waals surface area contributed by atoms with Gasteiger partial charge in [-0.2, -0.15) is 0 Å². The number of hydrogen-bond acceptors (Lipinski definition) is 5. The minimum atomic E-state index is -1.34. The second-order valence-corrected chi connectivity index (χ2v) is 7.24. The number of carboxylic acid groups (broad SMARTS) is 2. The van der Waals surface area contributed by atoms with E-state index in [4.69, 9.17) is 0 Å². The third-order valence-electron chi connectivity index (χ3n) is 5.21. The summed E-state index contributed by atoms with van der Waals surface area (Å²) >= 11 is 0. The van der Waals surface area contributed by atoms with E-state index in [1.54, 1.807) is 12.1 Å². The molecule has 0 bridgehead atoms. The van der Waals surface area contributed by atoms with Gasteiger partial charge in [-0.25, -0.2) is 0 Å². The number of hydrogen-bond donors (Lipinski definition) is 0. The van der Waals surface area contributed by atoms with Crippen molar-refractivity contribution in [3.05, 3.63) is 90.0 Å². The van der Waals surface area contributed by atoms with Crippen LogP contribution in [0.1, 0.15) is 11.1 Å². The van der Waals surface area contributed by atoms with Crippen LogP contribution in [0, 0.1) is 0 Å². The first-order valence-corrected chi connectivity index (χ1v) is 9.64. The van der Waals surface area contributed by atoms with Crippen LogP contribution in [0.4, 0.5) is 5.69 Å². The minimum absolute atomic E-state index is 0. The molecule has 5 nitrogen and oxygen atoms in total. The van der Waals surface area contributed by atoms with Crippen LogP contribution in [0.5, 0.6) is 0 Å². The number of carbonyl (C=O) groups excluding carboxylic acids is 2. The van der Waals surface area contributed by atoms with Crippen molar-refractivity contribution in [1.82, 2.24) is 0 Å². The van der Waals surface area contributed by atoms with E-state index >= 15 is 0 Å². The van der Waals surface area contributed by atoms with E-state index in [0.717, 1.165) is 5.56 Å². The van der Waals surface area contributed by atoms with Crippen LogP contribution < -0.4 is 74.2 Å². The minimum Gasteiger partial charge on any atom is -0.548 e. The van der Waals surface area contributed by atoms with Crippen molar-refractivity contribution in [1.29, 1.82) is 0 Å². The second-order valence-electron chi connectivity index (χ2n) is 7.24. The zero-order chi connectivity index (χ0) is 21.1. The fraction of sp³-hybridized carbons (Fsp3) is 0.120. The van der Waals surface area contributed by atoms with Gasteiger partial charge in [-0.05, 0) is 57.3 Å². The summed E-state index contributed by atoms with van der Waals surface area (Å²) in [5.41, 5.74) is 2.76. The molecule has 32 heavy (non-hydrogen) atoms. The molecule has 4 aromatic rings. The van der Waals surface area contributed by atoms with Gasteiger partial charge in [0.1, 0.15) is 0 Å². The molecule has 0 saturated heterocycles. The second kappa shape index (κ2) is 11.8. The Labute approximate surface area is 230 Å². The maximum absolute atomic E-state index is 11.0. The number of carboxylic acids is 2. The van der Waals surface area contributed by atoms with Gasteiger partial charge in [0.05, 0.1) is 25.0 Å². The van der Waals surface area contributed by atoms with Crippen molar-refractivity contribution in [3.63, 3.8) is 0 Å². The summed E-state index contributed by atoms with van der Waals surface area (Å²) in [5, 5.41) is 26.6. The average molecular weight is 443 g/mol. The zero-order valence-corrected chi connectivity index (χ0v) is 22.2. The number of fused-ring (bicyclic) bond motifs is 2. The summed E-state index contributed by atoms with van der Waals surface area (Å²) < 4.78 is 0. The first kappa shape index (κ1) is 26.4. The molecule has 150 valence electrons. The SMILES string of the molecule is O=C([O-])CN(CC(=O)[O-])c1ccc(Cc2c3ccccc3cc3ccccc23)cc1.[Na+].[Na+]. The quantitative estimate of drug-likeness (QED) is 0.214. The first-order valence-electron chi connectivity index (χ1n) is 9.64. The molecule has 0 aliphatic carbocycles. The monoisotopic (exact) mass is 443 g/mol. The molecule has 0 aromatic heterocycles. The maximum Gasteiger partial charge on any atom is 1.00 e. The Morgan fingerprint density at radius 3 is 1.62 bits per heavy atom. The summed E-state index contributed by atoms with van der Waals surface area (Å²) in [7, 11) is 0. The van der Waals surface area contributed by atoms with Gasteiger partial charge in [0, 0.05) is 5.69 Å². The molecule has 7 heteroatoms. The molecule has 0 N–H and O–H groups in total. The fourth-order valence-corrected chi connectivity index (χ4v) is 3.88. The average Bonchev–Trinajstić information content (AvgIpc) is 2.73. The van der Waals surface area contributed by atoms with Gasteiger partial charge in [-0.15, -0.1) is 0 Å². The smallest absolute Gasteiger partial charge is 0.548 e. The van der Waals surface area contributed by atoms with Crippen LogP contribution in [0.25, 0.3) is 21.5 Å². The Morgan fingerprint density at radius 1 is 0.688 bits per heavy atom. The van der Waals surface area contributed by atoms with E-state index in [1.165, 1.54) is 32.0 Å². The van der Waals surface area contributed by atoms with E-state index in [0.29, 0.717) is 12.1 Å². The molecule has 4 rings (SSSR count). The molecule has 0 spiro atoms. The van der Waals surface area contributed by atoms with E-state index in [1.807, 2.05) is 36.4 Å². The van der Waals surface area contributed by atoms with Crippen molar-refractivity contribution in [2.75, 3.05) is 18.0 Å². The van der Waals surface area contributed by atoms with Crippen molar-refractivity contribution in [3.8, 4) is 0 Å². The number of aliphatic carboxylic acids is 2. The van der Waals surface area contributed by atoms with Crippen LogP contribution >= 0.6 is 0 Å². The molecular formula is C25H19NNa2O4. The number of benzene rings is 4. The Hall–Kier alpha value is -1.86. The summed E-state index contributed by atoms with van der Waals surface area (Å²) in [4.78, 5) is 23.1. The van der Waals surface area contributed by atoms with Gasteiger partial charge < -0.3 is 24.7 Å². The third kappa shape index (κ3) is 6.13. The number of carbonyl (C=O) groups is 2. The van der Waals surface area contributed by atoms with Crippen LogP contribution in [0.3, 0.4) is 0 Å². The van der Waals surface area contributed by atoms with Crippen molar-refractivity contribution in [2.24, 2.45) is 0 Å². The van der Waals surface area contributed by atoms with Crippen LogP contribution in [-0.4, -0.2) is 25.0 Å². The van der Waals surface area contributed by atoms with Crippen molar-refractivity contribution in [2.45, 2.75) is 6.42 Å². The Balaban J connectivity index is 0.00000181. The molecule has 0 aliphatic heterocycles. The number of anilines is 1. The summed E-state index contributed by atoms with van der Waals surface area (Å²) in [6.45, 7) is -1.03. The zero-order valence-electron chi connectivity index (χ0n) is 18.2. The fourth-order valence-electron chi connectivity index (χ4n) is 3.88. The Bertz CT molecular complexity index is 1170. The molecule has 0 radical (unpaired) electrons. The van der Waals surface area contributed by atoms with Crippen molar-refractivity contribution < 1.29 is 78.9 Å². The maximum atomic E-state index is 11.0. The molecule has 0 fully saturated rings. The van der Waals surface area contributed by atoms with Gasteiger partial charge in [-0.1, -0.05) is 60.7 Å². The standard InChI is InChI=1S/C25H21NO4.2Na/c27-24(28)15-26(16-25(29)30)20-11-9-17(10-12-20)13-23-21-7-3-1-5-18(21)14-19-6-2-4-8-22(19)23;;/h1-12,14H,13,15-16H2,(H,27,28)(H,29,30);;/q;2*+1/p-2. The summed E-state index contributed by atoms with van der Waals surface area (Å²) in [5.74, 6) is -2.69. The third-order valence-corrected chi connectivity index (χ3v) is 5.21. The predicted octanol–water partition coefficient (Wildman–Crippen LogP) is -4.10. The van der Waals surface area contributed by atoms with E-state index in [9.17, 15) is 19.8 Å². The Morgan fingerprint density at radius 2 is 1.16 bits per heavy atom. The molecule has 0 atom stereocenters. The van der Waals surface area contributed by atoms with E-state index in [-0.39, 0.29) is 59.1 Å². The topological polar surface area (TPSA) is 83.5 Å². The predicted molar refractivity (Wildman–Crippen MR) is 113 cm³/mol. The summed E-state index contributed by atoms with van der Waals surface area (Å²) in [6, 6.07) is 26.0.